The smallest absolute Gasteiger partial charge is 0.0497 e. The molecule has 0 bridgehead atoms. The van der Waals surface area contributed by atoms with Crippen LogP contribution in [0.1, 0.15) is 45.4 Å². The van der Waals surface area contributed by atoms with Crippen LogP contribution in [0.5, 0.6) is 0 Å². The molecule has 2 unspecified atom stereocenters. The van der Waals surface area contributed by atoms with Gasteiger partial charge in [0.05, 0.1) is 0 Å². The Morgan fingerprint density at radius 3 is 2.53 bits per heavy atom. The lowest BCUT2D eigenvalue weighted by Gasteiger charge is -2.24. The Hall–Kier alpha value is -0.0800. The summed E-state index contributed by atoms with van der Waals surface area (Å²) in [5.74, 6) is 1.64. The highest BCUT2D eigenvalue weighted by molar-refractivity contribution is 4.75. The van der Waals surface area contributed by atoms with Gasteiger partial charge in [-0.15, -0.1) is 0 Å². The quantitative estimate of drug-likeness (QED) is 0.541. The van der Waals surface area contributed by atoms with Gasteiger partial charge in [-0.3, -0.25) is 0 Å². The van der Waals surface area contributed by atoms with E-state index in [2.05, 4.69) is 19.3 Å². The van der Waals surface area contributed by atoms with Gasteiger partial charge in [0.15, 0.2) is 0 Å². The second-order valence-electron chi connectivity index (χ2n) is 4.79. The molecule has 2 atom stereocenters. The van der Waals surface area contributed by atoms with Crippen molar-refractivity contribution in [3.05, 3.63) is 0 Å². The lowest BCUT2D eigenvalue weighted by atomic mass is 9.88. The van der Waals surface area contributed by atoms with Crippen LogP contribution >= 0.6 is 0 Å². The Bertz CT molecular complexity index is 149. The molecule has 0 aliphatic heterocycles. The molecule has 2 nitrogen and oxygen atoms in total. The first-order chi connectivity index (χ1) is 7.38. The molecule has 1 fully saturated rings. The van der Waals surface area contributed by atoms with Crippen LogP contribution in [-0.4, -0.2) is 26.8 Å². The Kier molecular flexibility index (Phi) is 7.03. The van der Waals surface area contributed by atoms with Gasteiger partial charge >= 0.3 is 0 Å². The van der Waals surface area contributed by atoms with E-state index in [-0.39, 0.29) is 0 Å². The van der Waals surface area contributed by atoms with Crippen molar-refractivity contribution in [2.75, 3.05) is 26.8 Å². The maximum Gasteiger partial charge on any atom is 0.0497 e. The van der Waals surface area contributed by atoms with Crippen molar-refractivity contribution in [3.63, 3.8) is 0 Å². The van der Waals surface area contributed by atoms with Crippen molar-refractivity contribution in [1.29, 1.82) is 0 Å². The maximum atomic E-state index is 5.73. The number of nitrogens with one attached hydrogen (secondary N) is 1. The van der Waals surface area contributed by atoms with Crippen LogP contribution in [0, 0.1) is 11.8 Å². The molecule has 1 aliphatic rings. The summed E-state index contributed by atoms with van der Waals surface area (Å²) in [6.07, 6.45) is 8.14. The molecule has 0 amide bonds. The van der Waals surface area contributed by atoms with E-state index in [9.17, 15) is 0 Å². The van der Waals surface area contributed by atoms with Gasteiger partial charge in [0, 0.05) is 13.2 Å². The van der Waals surface area contributed by atoms with Crippen molar-refractivity contribution in [3.8, 4) is 0 Å². The molecule has 1 rings (SSSR count). The molecule has 0 heterocycles. The van der Waals surface area contributed by atoms with Crippen LogP contribution in [0.3, 0.4) is 0 Å². The van der Waals surface area contributed by atoms with E-state index in [4.69, 9.17) is 4.74 Å². The zero-order chi connectivity index (χ0) is 10.9. The van der Waals surface area contributed by atoms with Crippen molar-refractivity contribution < 1.29 is 4.74 Å². The van der Waals surface area contributed by atoms with E-state index >= 15 is 0 Å². The second kappa shape index (κ2) is 8.12. The number of hydrogen-bond acceptors (Lipinski definition) is 2. The van der Waals surface area contributed by atoms with Crippen LogP contribution in [0.25, 0.3) is 0 Å². The molecule has 15 heavy (non-hydrogen) atoms. The Morgan fingerprint density at radius 1 is 1.13 bits per heavy atom. The summed E-state index contributed by atoms with van der Waals surface area (Å²) >= 11 is 0. The molecule has 0 spiro atoms. The minimum absolute atomic E-state index is 0.798. The summed E-state index contributed by atoms with van der Waals surface area (Å²) in [6, 6.07) is 0. The van der Waals surface area contributed by atoms with E-state index in [1.165, 1.54) is 38.6 Å². The van der Waals surface area contributed by atoms with Gasteiger partial charge in [-0.2, -0.15) is 0 Å². The van der Waals surface area contributed by atoms with Gasteiger partial charge in [-0.25, -0.2) is 0 Å². The molecule has 0 aromatic rings. The predicted octanol–water partition coefficient (Wildman–Crippen LogP) is 2.83. The van der Waals surface area contributed by atoms with Crippen LogP contribution in [0.4, 0.5) is 0 Å². The lowest BCUT2D eigenvalue weighted by molar-refractivity contribution is 0.0739. The Morgan fingerprint density at radius 2 is 1.87 bits per heavy atom. The van der Waals surface area contributed by atoms with Gasteiger partial charge < -0.3 is 10.1 Å². The summed E-state index contributed by atoms with van der Waals surface area (Å²) in [4.78, 5) is 0. The highest BCUT2D eigenvalue weighted by Gasteiger charge is 2.22. The van der Waals surface area contributed by atoms with Crippen molar-refractivity contribution in [1.82, 2.24) is 5.32 Å². The van der Waals surface area contributed by atoms with Crippen LogP contribution in [0.2, 0.25) is 0 Å². The molecular weight excluding hydrogens is 186 g/mol. The normalized spacial score (nSPS) is 27.6. The Labute approximate surface area is 94.8 Å². The van der Waals surface area contributed by atoms with E-state index < -0.39 is 0 Å². The van der Waals surface area contributed by atoms with Gasteiger partial charge in [-0.05, 0) is 44.7 Å². The average Bonchev–Trinajstić information content (AvgIpc) is 2.45. The largest absolute Gasteiger partial charge is 0.381 e. The van der Waals surface area contributed by atoms with E-state index in [1.807, 2.05) is 0 Å². The van der Waals surface area contributed by atoms with Crippen LogP contribution < -0.4 is 5.32 Å². The lowest BCUT2D eigenvalue weighted by Crippen LogP contribution is -2.28. The monoisotopic (exact) mass is 213 g/mol. The topological polar surface area (TPSA) is 21.3 Å². The molecule has 0 aromatic carbocycles. The summed E-state index contributed by atoms with van der Waals surface area (Å²) in [5.41, 5.74) is 0. The van der Waals surface area contributed by atoms with E-state index in [0.717, 1.165) is 31.5 Å². The van der Waals surface area contributed by atoms with E-state index in [1.54, 1.807) is 0 Å². The molecule has 90 valence electrons. The highest BCUT2D eigenvalue weighted by atomic mass is 16.5. The molecule has 1 aliphatic carbocycles. The van der Waals surface area contributed by atoms with Crippen molar-refractivity contribution in [2.45, 2.75) is 45.4 Å². The molecular formula is C13H27NO. The minimum Gasteiger partial charge on any atom is -0.381 e. The minimum atomic E-state index is 0.798. The summed E-state index contributed by atoms with van der Waals surface area (Å²) in [6.45, 7) is 5.27. The summed E-state index contributed by atoms with van der Waals surface area (Å²) in [5, 5.41) is 3.33. The molecule has 0 saturated heterocycles. The first-order valence-electron chi connectivity index (χ1n) is 6.60. The third kappa shape index (κ3) is 4.98. The standard InChI is InChI=1S/C13H27NO/c1-3-9-15-11-13-8-6-4-5-7-12(13)10-14-2/h12-14H,3-11H2,1-2H3. The van der Waals surface area contributed by atoms with Gasteiger partial charge in [0.1, 0.15) is 0 Å². The Balaban J connectivity index is 2.32. The van der Waals surface area contributed by atoms with Gasteiger partial charge in [0.2, 0.25) is 0 Å². The molecule has 2 heteroatoms. The SMILES string of the molecule is CCCOCC1CCCCCC1CNC. The average molecular weight is 213 g/mol. The first-order valence-corrected chi connectivity index (χ1v) is 6.60. The third-order valence-electron chi connectivity index (χ3n) is 3.46. The molecule has 1 saturated carbocycles. The fourth-order valence-corrected chi connectivity index (χ4v) is 2.59. The fourth-order valence-electron chi connectivity index (χ4n) is 2.59. The van der Waals surface area contributed by atoms with E-state index in [0.29, 0.717) is 0 Å². The highest BCUT2D eigenvalue weighted by Crippen LogP contribution is 2.28. The van der Waals surface area contributed by atoms with Crippen molar-refractivity contribution in [2.24, 2.45) is 11.8 Å². The zero-order valence-electron chi connectivity index (χ0n) is 10.4. The first kappa shape index (κ1) is 13.0. The summed E-state index contributed by atoms with van der Waals surface area (Å²) in [7, 11) is 2.06. The number of rotatable bonds is 6. The molecule has 0 radical (unpaired) electrons. The van der Waals surface area contributed by atoms with Gasteiger partial charge in [0.25, 0.3) is 0 Å². The van der Waals surface area contributed by atoms with Gasteiger partial charge in [-0.1, -0.05) is 26.2 Å². The molecule has 0 aromatic heterocycles. The number of ether oxygens (including phenoxy) is 1. The van der Waals surface area contributed by atoms with Crippen LogP contribution in [0.15, 0.2) is 0 Å². The van der Waals surface area contributed by atoms with Crippen molar-refractivity contribution >= 4 is 0 Å². The third-order valence-corrected chi connectivity index (χ3v) is 3.46. The maximum absolute atomic E-state index is 5.73. The fraction of sp³-hybridized carbons (Fsp3) is 1.00. The second-order valence-corrected chi connectivity index (χ2v) is 4.79. The van der Waals surface area contributed by atoms with Crippen LogP contribution in [-0.2, 0) is 4.74 Å². The predicted molar refractivity (Wildman–Crippen MR) is 65.1 cm³/mol. The zero-order valence-corrected chi connectivity index (χ0v) is 10.4. The summed E-state index contributed by atoms with van der Waals surface area (Å²) < 4.78 is 5.73. The number of hydrogen-bond donors (Lipinski definition) is 1. The molecule has 1 N–H and O–H groups in total.